The van der Waals surface area contributed by atoms with E-state index in [4.69, 9.17) is 10.2 Å². The lowest BCUT2D eigenvalue weighted by atomic mass is 9.98. The van der Waals surface area contributed by atoms with E-state index in [-0.39, 0.29) is 6.04 Å². The summed E-state index contributed by atoms with van der Waals surface area (Å²) in [7, 11) is 0. The number of hydrogen-bond donors (Lipinski definition) is 1. The zero-order valence-electron chi connectivity index (χ0n) is 10.7. The summed E-state index contributed by atoms with van der Waals surface area (Å²) < 4.78 is 6.23. The third-order valence-corrected chi connectivity index (χ3v) is 3.28. The minimum absolute atomic E-state index is 0.205. The molecular formula is C15H18BrNO. The number of halogens is 1. The Morgan fingerprint density at radius 3 is 2.61 bits per heavy atom. The number of rotatable bonds is 4. The molecule has 0 saturated heterocycles. The van der Waals surface area contributed by atoms with Gasteiger partial charge in [-0.25, -0.2) is 0 Å². The molecule has 1 heterocycles. The van der Waals surface area contributed by atoms with Crippen LogP contribution in [0.25, 0.3) is 0 Å². The highest BCUT2D eigenvalue weighted by molar-refractivity contribution is 9.10. The highest BCUT2D eigenvalue weighted by atomic mass is 79.9. The zero-order chi connectivity index (χ0) is 13.1. The Labute approximate surface area is 116 Å². The van der Waals surface area contributed by atoms with Crippen molar-refractivity contribution in [2.75, 3.05) is 0 Å². The van der Waals surface area contributed by atoms with Crippen molar-refractivity contribution >= 4 is 15.9 Å². The fraction of sp³-hybridized carbons (Fsp3) is 0.333. The van der Waals surface area contributed by atoms with Gasteiger partial charge in [-0.2, -0.15) is 0 Å². The molecule has 0 fully saturated rings. The Bertz CT molecular complexity index is 519. The summed E-state index contributed by atoms with van der Waals surface area (Å²) in [5, 5.41) is 0. The van der Waals surface area contributed by atoms with Crippen LogP contribution in [0.3, 0.4) is 0 Å². The van der Waals surface area contributed by atoms with Crippen LogP contribution < -0.4 is 5.73 Å². The van der Waals surface area contributed by atoms with Crippen LogP contribution in [0.1, 0.15) is 36.8 Å². The van der Waals surface area contributed by atoms with E-state index in [1.807, 2.05) is 18.2 Å². The number of benzene rings is 1. The molecule has 0 aliphatic heterocycles. The third-order valence-electron chi connectivity index (χ3n) is 2.85. The zero-order valence-corrected chi connectivity index (χ0v) is 12.3. The van der Waals surface area contributed by atoms with Gasteiger partial charge in [0.25, 0.3) is 0 Å². The summed E-state index contributed by atoms with van der Waals surface area (Å²) in [4.78, 5) is 0. The van der Waals surface area contributed by atoms with Crippen LogP contribution in [0.2, 0.25) is 0 Å². The first-order valence-electron chi connectivity index (χ1n) is 6.16. The Morgan fingerprint density at radius 2 is 2.00 bits per heavy atom. The second kappa shape index (κ2) is 5.72. The first-order valence-corrected chi connectivity index (χ1v) is 6.95. The smallest absolute Gasteiger partial charge is 0.169 e. The molecule has 1 aromatic heterocycles. The molecule has 0 spiro atoms. The van der Waals surface area contributed by atoms with Gasteiger partial charge < -0.3 is 10.2 Å². The predicted octanol–water partition coefficient (Wildman–Crippen LogP) is 4.29. The maximum atomic E-state index is 6.21. The fourth-order valence-corrected chi connectivity index (χ4v) is 2.36. The Hall–Kier alpha value is -1.06. The number of nitrogens with two attached hydrogens (primary N) is 1. The van der Waals surface area contributed by atoms with E-state index in [2.05, 4.69) is 48.0 Å². The van der Waals surface area contributed by atoms with Crippen molar-refractivity contribution in [3.8, 4) is 0 Å². The largest absolute Gasteiger partial charge is 0.452 e. The summed E-state index contributed by atoms with van der Waals surface area (Å²) in [6.07, 6.45) is 1.07. The van der Waals surface area contributed by atoms with Gasteiger partial charge in [-0.1, -0.05) is 38.1 Å². The normalized spacial score (nSPS) is 12.9. The van der Waals surface area contributed by atoms with E-state index in [1.54, 1.807) is 0 Å². The van der Waals surface area contributed by atoms with Crippen molar-refractivity contribution in [1.82, 2.24) is 0 Å². The minimum Gasteiger partial charge on any atom is -0.452 e. The van der Waals surface area contributed by atoms with E-state index in [1.165, 1.54) is 5.56 Å². The van der Waals surface area contributed by atoms with Gasteiger partial charge in [0, 0.05) is 0 Å². The molecule has 0 aliphatic rings. The van der Waals surface area contributed by atoms with Gasteiger partial charge in [0.1, 0.15) is 5.76 Å². The van der Waals surface area contributed by atoms with Crippen LogP contribution in [-0.4, -0.2) is 0 Å². The summed E-state index contributed by atoms with van der Waals surface area (Å²) in [6.45, 7) is 4.44. The lowest BCUT2D eigenvalue weighted by Gasteiger charge is -2.12. The number of hydrogen-bond acceptors (Lipinski definition) is 2. The maximum Gasteiger partial charge on any atom is 0.169 e. The van der Waals surface area contributed by atoms with Gasteiger partial charge in [0.05, 0.1) is 6.04 Å². The van der Waals surface area contributed by atoms with Crippen molar-refractivity contribution in [3.05, 3.63) is 58.0 Å². The van der Waals surface area contributed by atoms with Crippen LogP contribution in [0.4, 0.5) is 0 Å². The van der Waals surface area contributed by atoms with Crippen molar-refractivity contribution < 1.29 is 4.42 Å². The van der Waals surface area contributed by atoms with Gasteiger partial charge in [0.15, 0.2) is 4.67 Å². The van der Waals surface area contributed by atoms with Crippen LogP contribution in [0, 0.1) is 5.92 Å². The molecule has 0 amide bonds. The quantitative estimate of drug-likeness (QED) is 0.915. The Balaban J connectivity index is 2.22. The van der Waals surface area contributed by atoms with Crippen molar-refractivity contribution in [3.63, 3.8) is 0 Å². The summed E-state index contributed by atoms with van der Waals surface area (Å²) in [6, 6.07) is 12.0. The molecule has 2 nitrogen and oxygen atoms in total. The van der Waals surface area contributed by atoms with Gasteiger partial charge >= 0.3 is 0 Å². The van der Waals surface area contributed by atoms with Gasteiger partial charge in [-0.15, -0.1) is 0 Å². The van der Waals surface area contributed by atoms with Crippen LogP contribution in [-0.2, 0) is 6.42 Å². The molecule has 2 N–H and O–H groups in total. The van der Waals surface area contributed by atoms with E-state index >= 15 is 0 Å². The maximum absolute atomic E-state index is 6.21. The van der Waals surface area contributed by atoms with Gasteiger partial charge in [0.2, 0.25) is 0 Å². The first-order chi connectivity index (χ1) is 8.56. The van der Waals surface area contributed by atoms with E-state index < -0.39 is 0 Å². The Kier molecular flexibility index (Phi) is 4.25. The number of furan rings is 1. The first kappa shape index (κ1) is 13.4. The van der Waals surface area contributed by atoms with Crippen LogP contribution >= 0.6 is 15.9 Å². The summed E-state index contributed by atoms with van der Waals surface area (Å²) in [5.74, 6) is 1.43. The second-order valence-electron chi connectivity index (χ2n) is 4.96. The monoisotopic (exact) mass is 307 g/mol. The van der Waals surface area contributed by atoms with Crippen molar-refractivity contribution in [2.24, 2.45) is 11.7 Å². The molecule has 18 heavy (non-hydrogen) atoms. The molecule has 3 heteroatoms. The molecule has 0 aliphatic carbocycles. The topological polar surface area (TPSA) is 39.2 Å². The van der Waals surface area contributed by atoms with Gasteiger partial charge in [-0.05, 0) is 51.5 Å². The molecule has 1 unspecified atom stereocenters. The Morgan fingerprint density at radius 1 is 1.22 bits per heavy atom. The highest BCUT2D eigenvalue weighted by Crippen LogP contribution is 2.25. The van der Waals surface area contributed by atoms with Crippen molar-refractivity contribution in [2.45, 2.75) is 26.3 Å². The van der Waals surface area contributed by atoms with Gasteiger partial charge in [-0.3, -0.25) is 0 Å². The molecule has 0 bridgehead atoms. The lowest BCUT2D eigenvalue weighted by molar-refractivity contribution is 0.470. The van der Waals surface area contributed by atoms with E-state index in [0.717, 1.165) is 17.7 Å². The fourth-order valence-electron chi connectivity index (χ4n) is 2.04. The average molecular weight is 308 g/mol. The average Bonchev–Trinajstić information content (AvgIpc) is 2.74. The van der Waals surface area contributed by atoms with E-state index in [0.29, 0.717) is 10.6 Å². The SMILES string of the molecule is CC(C)Cc1cccc(C(N)c2ccc(Br)o2)c1. The van der Waals surface area contributed by atoms with Crippen LogP contribution in [0.15, 0.2) is 45.5 Å². The molecule has 96 valence electrons. The molecule has 1 atom stereocenters. The summed E-state index contributed by atoms with van der Waals surface area (Å²) >= 11 is 3.30. The standard InChI is InChI=1S/C15H18BrNO/c1-10(2)8-11-4-3-5-12(9-11)15(17)13-6-7-14(16)18-13/h3-7,9-10,15H,8,17H2,1-2H3. The minimum atomic E-state index is -0.205. The van der Waals surface area contributed by atoms with Crippen molar-refractivity contribution in [1.29, 1.82) is 0 Å². The molecule has 0 saturated carbocycles. The molecule has 0 radical (unpaired) electrons. The highest BCUT2D eigenvalue weighted by Gasteiger charge is 2.13. The molecular weight excluding hydrogens is 290 g/mol. The molecule has 2 aromatic rings. The molecule has 2 rings (SSSR count). The summed E-state index contributed by atoms with van der Waals surface area (Å²) in [5.41, 5.74) is 8.63. The predicted molar refractivity (Wildman–Crippen MR) is 77.4 cm³/mol. The third kappa shape index (κ3) is 3.24. The second-order valence-corrected chi connectivity index (χ2v) is 5.74. The van der Waals surface area contributed by atoms with E-state index in [9.17, 15) is 0 Å². The van der Waals surface area contributed by atoms with Crippen LogP contribution in [0.5, 0.6) is 0 Å². The molecule has 1 aromatic carbocycles. The lowest BCUT2D eigenvalue weighted by Crippen LogP contribution is -2.11.